The van der Waals surface area contributed by atoms with Crippen molar-refractivity contribution in [2.45, 2.75) is 104 Å². The highest BCUT2D eigenvalue weighted by Crippen LogP contribution is 2.55. The van der Waals surface area contributed by atoms with Gasteiger partial charge in [-0.1, -0.05) is 124 Å². The molecule has 14 rings (SSSR count). The van der Waals surface area contributed by atoms with Gasteiger partial charge < -0.3 is 13.8 Å². The van der Waals surface area contributed by atoms with E-state index in [0.29, 0.717) is 0 Å². The zero-order valence-corrected chi connectivity index (χ0v) is 41.2. The monoisotopic (exact) mass is 892 g/mol. The largest absolute Gasteiger partial charge is 0.455 e. The molecule has 0 unspecified atom stereocenters. The Morgan fingerprint density at radius 1 is 0.591 bits per heavy atom. The number of rotatable bonds is 1. The van der Waals surface area contributed by atoms with Crippen molar-refractivity contribution in [2.24, 2.45) is 0 Å². The van der Waals surface area contributed by atoms with Gasteiger partial charge in [0, 0.05) is 68.1 Å². The molecule has 11 aromatic rings. The van der Waals surface area contributed by atoms with Crippen LogP contribution in [0.4, 0.5) is 11.4 Å². The number of nitrogens with zero attached hydrogens (tertiary/aromatic N) is 2. The van der Waals surface area contributed by atoms with Crippen LogP contribution in [0.1, 0.15) is 104 Å². The van der Waals surface area contributed by atoms with Crippen LogP contribution in [0.3, 0.4) is 0 Å². The lowest BCUT2D eigenvalue weighted by atomic mass is 9.47. The van der Waals surface area contributed by atoms with Gasteiger partial charge in [-0.05, 0) is 128 Å². The summed E-state index contributed by atoms with van der Waals surface area (Å²) in [7, 11) is 0. The molecule has 7 aromatic carbocycles. The molecule has 6 heterocycles. The first-order chi connectivity index (χ1) is 31.5. The molecule has 4 aromatic heterocycles. The molecule has 3 nitrogen and oxygen atoms in total. The van der Waals surface area contributed by atoms with E-state index < -0.39 is 0 Å². The highest BCUT2D eigenvalue weighted by atomic mass is 32.1. The normalized spacial score (nSPS) is 16.4. The Morgan fingerprint density at radius 3 is 2.00 bits per heavy atom. The zero-order chi connectivity index (χ0) is 45.1. The molecule has 6 heteroatoms. The predicted octanol–water partition coefficient (Wildman–Crippen LogP) is 16.4. The number of hydrogen-bond donors (Lipinski definition) is 0. The summed E-state index contributed by atoms with van der Waals surface area (Å²) in [5, 5.41) is 8.89. The smallest absolute Gasteiger partial charge is 0.343 e. The molecule has 2 aliphatic heterocycles. The minimum Gasteiger partial charge on any atom is -0.455 e. The quantitative estimate of drug-likeness (QED) is 0.153. The Kier molecular flexibility index (Phi) is 7.50. The second-order valence-corrected chi connectivity index (χ2v) is 25.3. The van der Waals surface area contributed by atoms with Crippen LogP contribution in [-0.4, -0.2) is 11.4 Å². The molecule has 0 N–H and O–H groups in total. The lowest BCUT2D eigenvalue weighted by Gasteiger charge is -2.42. The highest BCUT2D eigenvalue weighted by Gasteiger charge is 2.48. The molecule has 0 fully saturated rings. The van der Waals surface area contributed by atoms with Gasteiger partial charge in [0.25, 0.3) is 0 Å². The van der Waals surface area contributed by atoms with Gasteiger partial charge in [-0.2, -0.15) is 0 Å². The molecule has 66 heavy (non-hydrogen) atoms. The summed E-state index contributed by atoms with van der Waals surface area (Å²) in [6, 6.07) is 44.9. The Bertz CT molecular complexity index is 3970. The van der Waals surface area contributed by atoms with E-state index in [0.717, 1.165) is 11.2 Å². The molecular weight excluding hydrogens is 840 g/mol. The maximum Gasteiger partial charge on any atom is 0.343 e. The number of hydrogen-bond acceptors (Lipinski definition) is 4. The molecule has 0 atom stereocenters. The Balaban J connectivity index is 1.23. The number of benzene rings is 7. The Hall–Kier alpha value is -5.82. The first-order valence-corrected chi connectivity index (χ1v) is 25.5. The predicted molar refractivity (Wildman–Crippen MR) is 288 cm³/mol. The van der Waals surface area contributed by atoms with E-state index in [1.165, 1.54) is 136 Å². The van der Waals surface area contributed by atoms with Gasteiger partial charge in [0.2, 0.25) is 0 Å². The van der Waals surface area contributed by atoms with E-state index in [1.54, 1.807) is 0 Å². The van der Waals surface area contributed by atoms with Crippen molar-refractivity contribution >= 4 is 125 Å². The van der Waals surface area contributed by atoms with Gasteiger partial charge in [-0.15, -0.1) is 22.7 Å². The molecule has 0 saturated carbocycles. The summed E-state index contributed by atoms with van der Waals surface area (Å²) in [5.41, 5.74) is 18.1. The third-order valence-corrected chi connectivity index (χ3v) is 18.5. The standard InChI is InChI=1S/C60H53BN2OS2/c1-57(2,3)32-19-22-34(23-20-32)63-44-31-48-37(35-15-12-14-18-46(35)65-48)28-39(44)49-50-36-16-11-13-17-45(36)64-55(50)51-38-27-33(58(4,5)6)21-24-43(38)62-53-40-29-41-42(60(9,10)26-25-59(41,7)8)30-47(40)66-56(53)61(63)52(49)54(51)62/h11-24,27-31H,25-26H2,1-10H3. The molecule has 0 bridgehead atoms. The fourth-order valence-electron chi connectivity index (χ4n) is 12.4. The number of anilines is 2. The van der Waals surface area contributed by atoms with Gasteiger partial charge in [0.1, 0.15) is 11.2 Å². The second-order valence-electron chi connectivity index (χ2n) is 23.1. The fraction of sp³-hybridized carbons (Fsp3) is 0.267. The molecular formula is C60H53BN2OS2. The van der Waals surface area contributed by atoms with Crippen LogP contribution in [0.15, 0.2) is 120 Å². The van der Waals surface area contributed by atoms with Crippen molar-refractivity contribution in [1.29, 1.82) is 0 Å². The fourth-order valence-corrected chi connectivity index (χ4v) is 14.8. The molecule has 0 saturated heterocycles. The van der Waals surface area contributed by atoms with Crippen molar-refractivity contribution < 1.29 is 4.42 Å². The van der Waals surface area contributed by atoms with Crippen molar-refractivity contribution in [2.75, 3.05) is 4.81 Å². The van der Waals surface area contributed by atoms with Crippen molar-refractivity contribution in [1.82, 2.24) is 4.57 Å². The minimum atomic E-state index is -0.0928. The second kappa shape index (κ2) is 12.6. The van der Waals surface area contributed by atoms with Crippen LogP contribution in [-0.2, 0) is 21.7 Å². The molecule has 3 aliphatic rings. The number of fused-ring (bicyclic) bond motifs is 19. The summed E-state index contributed by atoms with van der Waals surface area (Å²) in [6.07, 6.45) is 2.37. The summed E-state index contributed by atoms with van der Waals surface area (Å²) in [5.74, 6) is 0. The third kappa shape index (κ3) is 5.05. The van der Waals surface area contributed by atoms with Gasteiger partial charge >= 0.3 is 6.85 Å². The summed E-state index contributed by atoms with van der Waals surface area (Å²) in [4.78, 5) is 2.74. The summed E-state index contributed by atoms with van der Waals surface area (Å²) in [6.45, 7) is 23.8. The van der Waals surface area contributed by atoms with Gasteiger partial charge in [-0.25, -0.2) is 0 Å². The topological polar surface area (TPSA) is 21.3 Å². The SMILES string of the molecule is CC(C)(C)c1ccc(N2B3c4sc5cc6c(cc5c4-n4c5ccc(C(C)(C)C)cc5c5c7oc8ccccc8c7c(c3c54)-c3cc4c(cc32)sc2ccccc24)C(C)(C)CCC6(C)C)cc1. The number of furan rings is 1. The van der Waals surface area contributed by atoms with E-state index in [9.17, 15) is 0 Å². The zero-order valence-electron chi connectivity index (χ0n) is 39.6. The van der Waals surface area contributed by atoms with Crippen LogP contribution in [0, 0.1) is 0 Å². The van der Waals surface area contributed by atoms with Crippen LogP contribution in [0.5, 0.6) is 0 Å². The highest BCUT2D eigenvalue weighted by molar-refractivity contribution is 7.32. The third-order valence-electron chi connectivity index (χ3n) is 16.1. The summed E-state index contributed by atoms with van der Waals surface area (Å²) < 4.78 is 15.4. The van der Waals surface area contributed by atoms with Gasteiger partial charge in [0.05, 0.1) is 22.1 Å². The van der Waals surface area contributed by atoms with Crippen LogP contribution in [0.2, 0.25) is 0 Å². The Morgan fingerprint density at radius 2 is 1.26 bits per heavy atom. The van der Waals surface area contributed by atoms with Gasteiger partial charge in [-0.3, -0.25) is 0 Å². The van der Waals surface area contributed by atoms with Crippen LogP contribution >= 0.6 is 22.7 Å². The molecule has 324 valence electrons. The van der Waals surface area contributed by atoms with Gasteiger partial charge in [0.15, 0.2) is 0 Å². The van der Waals surface area contributed by atoms with E-state index in [1.807, 2.05) is 22.7 Å². The minimum absolute atomic E-state index is 0.0330. The molecule has 1 aliphatic carbocycles. The van der Waals surface area contributed by atoms with Crippen LogP contribution < -0.4 is 15.1 Å². The van der Waals surface area contributed by atoms with E-state index in [2.05, 4.69) is 194 Å². The lowest BCUT2D eigenvalue weighted by Crippen LogP contribution is -2.59. The van der Waals surface area contributed by atoms with Crippen molar-refractivity contribution in [3.8, 4) is 16.8 Å². The van der Waals surface area contributed by atoms with Crippen LogP contribution in [0.25, 0.3) is 90.8 Å². The van der Waals surface area contributed by atoms with Crippen molar-refractivity contribution in [3.05, 3.63) is 138 Å². The Labute approximate surface area is 394 Å². The van der Waals surface area contributed by atoms with E-state index in [4.69, 9.17) is 4.42 Å². The summed E-state index contributed by atoms with van der Waals surface area (Å²) >= 11 is 3.94. The van der Waals surface area contributed by atoms with E-state index >= 15 is 0 Å². The maximum absolute atomic E-state index is 7.31. The number of para-hydroxylation sites is 1. The molecule has 0 amide bonds. The molecule has 0 radical (unpaired) electrons. The average molecular weight is 893 g/mol. The van der Waals surface area contributed by atoms with Crippen molar-refractivity contribution in [3.63, 3.8) is 0 Å². The lowest BCUT2D eigenvalue weighted by molar-refractivity contribution is 0.332. The average Bonchev–Trinajstić information content (AvgIpc) is 4.04. The van der Waals surface area contributed by atoms with E-state index in [-0.39, 0.29) is 28.5 Å². The first-order valence-electron chi connectivity index (χ1n) is 23.9. The maximum atomic E-state index is 7.31. The number of aromatic nitrogens is 1. The first kappa shape index (κ1) is 39.4. The number of thiophene rings is 2. The molecule has 0 spiro atoms.